The Labute approximate surface area is 186 Å². The summed E-state index contributed by atoms with van der Waals surface area (Å²) in [6, 6.07) is 17.7. The molecule has 0 unspecified atom stereocenters. The van der Waals surface area contributed by atoms with Gasteiger partial charge >= 0.3 is 5.69 Å². The minimum Gasteiger partial charge on any atom is -0.303 e. The van der Waals surface area contributed by atoms with E-state index in [0.29, 0.717) is 30.1 Å². The van der Waals surface area contributed by atoms with E-state index >= 15 is 0 Å². The predicted octanol–water partition coefficient (Wildman–Crippen LogP) is 2.88. The molecule has 1 N–H and O–H groups in total. The van der Waals surface area contributed by atoms with E-state index in [1.54, 1.807) is 17.8 Å². The molecule has 0 saturated heterocycles. The van der Waals surface area contributed by atoms with Crippen LogP contribution in [0.2, 0.25) is 0 Å². The lowest BCUT2D eigenvalue weighted by molar-refractivity contribution is 0.687. The SMILES string of the molecule is Cn1c(=O)c2c(nc(N/N=C\c3ccc(Br)cc3)n2CCc2ccccc2)n(C)c1=O. The summed E-state index contributed by atoms with van der Waals surface area (Å²) in [5.41, 5.74) is 4.86. The molecule has 4 aromatic rings. The van der Waals surface area contributed by atoms with E-state index in [4.69, 9.17) is 0 Å². The zero-order chi connectivity index (χ0) is 22.0. The predicted molar refractivity (Wildman–Crippen MR) is 126 cm³/mol. The third-order valence-electron chi connectivity index (χ3n) is 5.06. The van der Waals surface area contributed by atoms with Gasteiger partial charge in [0.1, 0.15) is 0 Å². The number of hydrogen-bond acceptors (Lipinski definition) is 5. The fourth-order valence-corrected chi connectivity index (χ4v) is 3.61. The summed E-state index contributed by atoms with van der Waals surface area (Å²) in [7, 11) is 3.07. The maximum absolute atomic E-state index is 12.9. The van der Waals surface area contributed by atoms with Crippen LogP contribution in [0.5, 0.6) is 0 Å². The van der Waals surface area contributed by atoms with Gasteiger partial charge in [-0.1, -0.05) is 58.4 Å². The lowest BCUT2D eigenvalue weighted by atomic mass is 10.1. The van der Waals surface area contributed by atoms with Crippen LogP contribution in [-0.4, -0.2) is 24.9 Å². The number of nitrogens with one attached hydrogen (secondary N) is 1. The minimum absolute atomic E-state index is 0.322. The van der Waals surface area contributed by atoms with Crippen molar-refractivity contribution in [1.82, 2.24) is 18.7 Å². The lowest BCUT2D eigenvalue weighted by Gasteiger charge is -2.09. The van der Waals surface area contributed by atoms with Crippen LogP contribution in [0, 0.1) is 0 Å². The highest BCUT2D eigenvalue weighted by molar-refractivity contribution is 9.10. The van der Waals surface area contributed by atoms with Gasteiger partial charge in [-0.15, -0.1) is 0 Å². The second-order valence-corrected chi connectivity index (χ2v) is 8.04. The van der Waals surface area contributed by atoms with E-state index in [1.807, 2.05) is 54.6 Å². The van der Waals surface area contributed by atoms with Crippen LogP contribution in [0.15, 0.2) is 73.8 Å². The summed E-state index contributed by atoms with van der Waals surface area (Å²) in [4.78, 5) is 29.8. The molecular formula is C22H21BrN6O2. The number of rotatable bonds is 6. The quantitative estimate of drug-likeness (QED) is 0.339. The van der Waals surface area contributed by atoms with Crippen molar-refractivity contribution in [2.75, 3.05) is 5.43 Å². The van der Waals surface area contributed by atoms with Crippen molar-refractivity contribution < 1.29 is 0 Å². The number of aryl methyl sites for hydroxylation is 3. The second kappa shape index (κ2) is 8.73. The number of nitrogens with zero attached hydrogens (tertiary/aromatic N) is 5. The fraction of sp³-hybridized carbons (Fsp3) is 0.182. The normalized spacial score (nSPS) is 11.5. The Morgan fingerprint density at radius 1 is 1.03 bits per heavy atom. The molecule has 158 valence electrons. The molecule has 31 heavy (non-hydrogen) atoms. The summed E-state index contributed by atoms with van der Waals surface area (Å²) < 4.78 is 5.23. The molecule has 2 aromatic carbocycles. The summed E-state index contributed by atoms with van der Waals surface area (Å²) in [5.74, 6) is 0.401. The summed E-state index contributed by atoms with van der Waals surface area (Å²) >= 11 is 3.41. The van der Waals surface area contributed by atoms with Crippen molar-refractivity contribution in [1.29, 1.82) is 0 Å². The Hall–Kier alpha value is -3.46. The first-order valence-electron chi connectivity index (χ1n) is 9.70. The number of benzene rings is 2. The number of aromatic nitrogens is 4. The molecule has 0 radical (unpaired) electrons. The Balaban J connectivity index is 1.74. The molecule has 0 aliphatic heterocycles. The molecule has 8 nitrogen and oxygen atoms in total. The molecular weight excluding hydrogens is 460 g/mol. The monoisotopic (exact) mass is 480 g/mol. The standard InChI is InChI=1S/C22H21BrN6O2/c1-27-19-18(20(30)28(2)22(27)31)29(13-12-15-6-4-3-5-7-15)21(25-19)26-24-14-16-8-10-17(23)11-9-16/h3-11,14H,12-13H2,1-2H3,(H,25,26)/b24-14-. The molecule has 0 saturated carbocycles. The number of hydrogen-bond donors (Lipinski definition) is 1. The number of halogens is 1. The van der Waals surface area contributed by atoms with Gasteiger partial charge in [0, 0.05) is 25.1 Å². The summed E-state index contributed by atoms with van der Waals surface area (Å²) in [6.07, 6.45) is 2.37. The highest BCUT2D eigenvalue weighted by Crippen LogP contribution is 2.17. The van der Waals surface area contributed by atoms with Crippen molar-refractivity contribution in [3.63, 3.8) is 0 Å². The molecule has 0 spiro atoms. The largest absolute Gasteiger partial charge is 0.332 e. The zero-order valence-corrected chi connectivity index (χ0v) is 18.7. The van der Waals surface area contributed by atoms with Gasteiger partial charge in [-0.3, -0.25) is 13.9 Å². The van der Waals surface area contributed by atoms with E-state index in [0.717, 1.165) is 20.2 Å². The van der Waals surface area contributed by atoms with Crippen LogP contribution < -0.4 is 16.7 Å². The van der Waals surface area contributed by atoms with Crippen LogP contribution in [0.25, 0.3) is 11.2 Å². The first kappa shape index (κ1) is 20.8. The average Bonchev–Trinajstić information content (AvgIpc) is 3.15. The van der Waals surface area contributed by atoms with E-state index in [1.165, 1.54) is 11.6 Å². The maximum Gasteiger partial charge on any atom is 0.332 e. The van der Waals surface area contributed by atoms with Crippen LogP contribution in [0.4, 0.5) is 5.95 Å². The minimum atomic E-state index is -0.421. The molecule has 0 atom stereocenters. The summed E-state index contributed by atoms with van der Waals surface area (Å²) in [6.45, 7) is 0.504. The average molecular weight is 481 g/mol. The van der Waals surface area contributed by atoms with E-state index in [-0.39, 0.29) is 5.56 Å². The Bertz CT molecular complexity index is 1370. The Kier molecular flexibility index (Phi) is 5.85. The Morgan fingerprint density at radius 3 is 2.45 bits per heavy atom. The molecule has 2 heterocycles. The van der Waals surface area contributed by atoms with Crippen LogP contribution >= 0.6 is 15.9 Å². The second-order valence-electron chi connectivity index (χ2n) is 7.12. The van der Waals surface area contributed by atoms with Gasteiger partial charge in [0.05, 0.1) is 6.21 Å². The topological polar surface area (TPSA) is 86.2 Å². The van der Waals surface area contributed by atoms with Crippen molar-refractivity contribution in [2.45, 2.75) is 13.0 Å². The van der Waals surface area contributed by atoms with Crippen LogP contribution in [-0.2, 0) is 27.1 Å². The van der Waals surface area contributed by atoms with Gasteiger partial charge < -0.3 is 4.57 Å². The zero-order valence-electron chi connectivity index (χ0n) is 17.1. The highest BCUT2D eigenvalue weighted by atomic mass is 79.9. The van der Waals surface area contributed by atoms with Crippen molar-refractivity contribution >= 4 is 39.3 Å². The lowest BCUT2D eigenvalue weighted by Crippen LogP contribution is -2.37. The first-order valence-corrected chi connectivity index (χ1v) is 10.5. The van der Waals surface area contributed by atoms with E-state index < -0.39 is 5.69 Å². The maximum atomic E-state index is 12.9. The molecule has 9 heteroatoms. The van der Waals surface area contributed by atoms with Gasteiger partial charge in [0.15, 0.2) is 11.2 Å². The molecule has 0 amide bonds. The number of imidazole rings is 1. The number of hydrazone groups is 1. The summed E-state index contributed by atoms with van der Waals surface area (Å²) in [5, 5.41) is 4.29. The molecule has 4 rings (SSSR count). The molecule has 0 fully saturated rings. The first-order chi connectivity index (χ1) is 15.0. The van der Waals surface area contributed by atoms with Gasteiger partial charge in [-0.2, -0.15) is 10.1 Å². The van der Waals surface area contributed by atoms with Crippen molar-refractivity contribution in [3.8, 4) is 0 Å². The highest BCUT2D eigenvalue weighted by Gasteiger charge is 2.18. The fourth-order valence-electron chi connectivity index (χ4n) is 3.35. The number of anilines is 1. The molecule has 0 bridgehead atoms. The molecule has 2 aromatic heterocycles. The molecule has 0 aliphatic carbocycles. The van der Waals surface area contributed by atoms with Gasteiger partial charge in [0.2, 0.25) is 5.95 Å². The Morgan fingerprint density at radius 2 is 1.74 bits per heavy atom. The van der Waals surface area contributed by atoms with Crippen LogP contribution in [0.1, 0.15) is 11.1 Å². The third kappa shape index (κ3) is 4.22. The van der Waals surface area contributed by atoms with Crippen molar-refractivity contribution in [2.24, 2.45) is 19.2 Å². The van der Waals surface area contributed by atoms with Gasteiger partial charge in [-0.05, 0) is 29.7 Å². The molecule has 0 aliphatic rings. The number of fused-ring (bicyclic) bond motifs is 1. The van der Waals surface area contributed by atoms with Crippen LogP contribution in [0.3, 0.4) is 0 Å². The smallest absolute Gasteiger partial charge is 0.303 e. The van der Waals surface area contributed by atoms with E-state index in [2.05, 4.69) is 31.4 Å². The van der Waals surface area contributed by atoms with E-state index in [9.17, 15) is 9.59 Å². The van der Waals surface area contributed by atoms with Gasteiger partial charge in [-0.25, -0.2) is 10.2 Å². The third-order valence-corrected chi connectivity index (χ3v) is 5.59. The van der Waals surface area contributed by atoms with Gasteiger partial charge in [0.25, 0.3) is 5.56 Å². The van der Waals surface area contributed by atoms with Crippen molar-refractivity contribution in [3.05, 3.63) is 91.0 Å².